The third-order valence-corrected chi connectivity index (χ3v) is 8.72. The van der Waals surface area contributed by atoms with E-state index >= 15 is 0 Å². The van der Waals surface area contributed by atoms with E-state index in [1.807, 2.05) is 0 Å². The molecule has 16 heteroatoms. The number of halogens is 4. The molecule has 0 fully saturated rings. The van der Waals surface area contributed by atoms with Gasteiger partial charge in [0.15, 0.2) is 0 Å². The fraction of sp³-hybridized carbons (Fsp3) is 0.280. The molecule has 1 aliphatic heterocycles. The number of nitrogens with one attached hydrogen (secondary N) is 2. The maximum absolute atomic E-state index is 13.8. The van der Waals surface area contributed by atoms with Crippen molar-refractivity contribution in [2.75, 3.05) is 27.6 Å². The van der Waals surface area contributed by atoms with Gasteiger partial charge in [0.05, 0.1) is 29.4 Å². The number of nitrogens with zero attached hydrogens (tertiary/aromatic N) is 2. The van der Waals surface area contributed by atoms with Crippen LogP contribution in [0.5, 0.6) is 5.75 Å². The standard InChI is InChI=1S/C25H24F4N4O6S2/c1-24(2,25(27,28)29)33(23(35)36)17-5-8-21-20(11-17)32(41(37,38)19-6-3-15(26)4-7-19)13-18(39-21)12-30-22(34)31-16-9-10-40-14-16/h3-11,14,18H,12-13H2,1-2H3,(H,35,36)(H2,30,31,34)/p-1/t18-/m0/s1. The van der Waals surface area contributed by atoms with Crippen LogP contribution in [-0.4, -0.2) is 51.5 Å². The molecule has 2 aromatic carbocycles. The highest BCUT2D eigenvalue weighted by atomic mass is 32.2. The van der Waals surface area contributed by atoms with Gasteiger partial charge in [-0.1, -0.05) is 0 Å². The van der Waals surface area contributed by atoms with E-state index in [4.69, 9.17) is 4.74 Å². The molecule has 1 aromatic heterocycles. The van der Waals surface area contributed by atoms with Crippen molar-refractivity contribution in [3.8, 4) is 5.75 Å². The topological polar surface area (TPSA) is 131 Å². The third kappa shape index (κ3) is 6.17. The van der Waals surface area contributed by atoms with Crippen LogP contribution in [0.15, 0.2) is 64.2 Å². The zero-order valence-electron chi connectivity index (χ0n) is 21.4. The van der Waals surface area contributed by atoms with Crippen molar-refractivity contribution in [2.24, 2.45) is 0 Å². The molecule has 0 saturated heterocycles. The van der Waals surface area contributed by atoms with Crippen molar-refractivity contribution in [3.63, 3.8) is 0 Å². The van der Waals surface area contributed by atoms with Crippen LogP contribution >= 0.6 is 11.3 Å². The second-order valence-corrected chi connectivity index (χ2v) is 12.0. The molecule has 0 aliphatic carbocycles. The zero-order valence-corrected chi connectivity index (χ0v) is 23.1. The summed E-state index contributed by atoms with van der Waals surface area (Å²) in [5.41, 5.74) is -3.20. The average molecular weight is 616 g/mol. The molecule has 0 saturated carbocycles. The molecule has 1 atom stereocenters. The van der Waals surface area contributed by atoms with Gasteiger partial charge in [-0.05, 0) is 67.8 Å². The van der Waals surface area contributed by atoms with Gasteiger partial charge >= 0.3 is 12.2 Å². The largest absolute Gasteiger partial charge is 0.530 e. The number of hydrogen-bond donors (Lipinski definition) is 2. The Morgan fingerprint density at radius 3 is 2.41 bits per heavy atom. The summed E-state index contributed by atoms with van der Waals surface area (Å²) >= 11 is 1.36. The first-order valence-electron chi connectivity index (χ1n) is 11.9. The van der Waals surface area contributed by atoms with Crippen LogP contribution in [0.2, 0.25) is 0 Å². The number of benzene rings is 2. The maximum Gasteiger partial charge on any atom is 0.411 e. The van der Waals surface area contributed by atoms with E-state index in [0.29, 0.717) is 19.5 Å². The molecule has 1 aliphatic rings. The van der Waals surface area contributed by atoms with E-state index in [1.54, 1.807) is 16.8 Å². The van der Waals surface area contributed by atoms with Crippen LogP contribution in [-0.2, 0) is 10.0 Å². The van der Waals surface area contributed by atoms with E-state index in [1.165, 1.54) is 11.3 Å². The van der Waals surface area contributed by atoms with E-state index in [-0.39, 0.29) is 27.8 Å². The molecule has 0 unspecified atom stereocenters. The van der Waals surface area contributed by atoms with Gasteiger partial charge in [-0.25, -0.2) is 17.6 Å². The molecule has 0 bridgehead atoms. The van der Waals surface area contributed by atoms with Gasteiger partial charge in [0.2, 0.25) is 0 Å². The number of thiophene rings is 1. The molecule has 3 amide bonds. The molecule has 10 nitrogen and oxygen atoms in total. The first-order valence-corrected chi connectivity index (χ1v) is 14.2. The Kier molecular flexibility index (Phi) is 8.09. The fourth-order valence-electron chi connectivity index (χ4n) is 4.01. The second-order valence-electron chi connectivity index (χ2n) is 9.39. The average Bonchev–Trinajstić information content (AvgIpc) is 3.39. The Morgan fingerprint density at radius 1 is 1.15 bits per heavy atom. The second kappa shape index (κ2) is 11.1. The Bertz CT molecular complexity index is 1530. The van der Waals surface area contributed by atoms with E-state index in [2.05, 4.69) is 10.6 Å². The Balaban J connectivity index is 1.72. The van der Waals surface area contributed by atoms with Crippen LogP contribution in [0.1, 0.15) is 13.8 Å². The predicted molar refractivity (Wildman–Crippen MR) is 141 cm³/mol. The lowest BCUT2D eigenvalue weighted by atomic mass is 10.0. The SMILES string of the molecule is CC(C)(N(C(=O)[O-])c1ccc2c(c1)N(S(=O)(=O)c1ccc(F)cc1)C[C@H](CNC(=O)Nc1ccsc1)O2)C(F)(F)F. The van der Waals surface area contributed by atoms with Gasteiger partial charge in [0.1, 0.15) is 29.3 Å². The van der Waals surface area contributed by atoms with Gasteiger partial charge in [-0.15, -0.1) is 0 Å². The van der Waals surface area contributed by atoms with E-state index in [0.717, 1.165) is 46.8 Å². The Morgan fingerprint density at radius 2 is 1.83 bits per heavy atom. The Hall–Kier alpha value is -4.05. The molecule has 220 valence electrons. The maximum atomic E-state index is 13.8. The van der Waals surface area contributed by atoms with Crippen LogP contribution in [0.4, 0.5) is 44.2 Å². The third-order valence-electron chi connectivity index (χ3n) is 6.24. The molecular formula is C25H23F4N4O6S2-. The molecule has 2 N–H and O–H groups in total. The molecule has 0 spiro atoms. The Labute approximate surface area is 236 Å². The molecule has 41 heavy (non-hydrogen) atoms. The number of urea groups is 1. The highest BCUT2D eigenvalue weighted by molar-refractivity contribution is 7.92. The highest BCUT2D eigenvalue weighted by Gasteiger charge is 2.52. The van der Waals surface area contributed by atoms with Crippen molar-refractivity contribution in [1.29, 1.82) is 0 Å². The summed E-state index contributed by atoms with van der Waals surface area (Å²) in [5, 5.41) is 20.5. The molecule has 0 radical (unpaired) electrons. The van der Waals surface area contributed by atoms with Gasteiger partial charge < -0.3 is 30.2 Å². The summed E-state index contributed by atoms with van der Waals surface area (Å²) in [5.74, 6) is -0.815. The minimum absolute atomic E-state index is 0.0294. The van der Waals surface area contributed by atoms with Crippen molar-refractivity contribution in [1.82, 2.24) is 5.32 Å². The van der Waals surface area contributed by atoms with Gasteiger partial charge in [-0.2, -0.15) is 24.5 Å². The number of fused-ring (bicyclic) bond motifs is 1. The van der Waals surface area contributed by atoms with Crippen molar-refractivity contribution < 1.29 is 45.4 Å². The number of carbonyl (C=O) groups excluding carboxylic acids is 2. The summed E-state index contributed by atoms with van der Waals surface area (Å²) in [6.07, 6.45) is -8.16. The van der Waals surface area contributed by atoms with Gasteiger partial charge in [0, 0.05) is 11.1 Å². The van der Waals surface area contributed by atoms with Crippen molar-refractivity contribution >= 4 is 50.5 Å². The smallest absolute Gasteiger partial charge is 0.411 e. The van der Waals surface area contributed by atoms with Crippen molar-refractivity contribution in [3.05, 3.63) is 65.1 Å². The molecule has 4 rings (SSSR count). The van der Waals surface area contributed by atoms with Gasteiger partial charge in [-0.3, -0.25) is 4.31 Å². The van der Waals surface area contributed by atoms with Crippen molar-refractivity contribution in [2.45, 2.75) is 36.6 Å². The minimum atomic E-state index is -5.01. The lowest BCUT2D eigenvalue weighted by Gasteiger charge is -2.42. The van der Waals surface area contributed by atoms with Crippen LogP contribution < -0.4 is 29.7 Å². The van der Waals surface area contributed by atoms with E-state index in [9.17, 15) is 40.7 Å². The summed E-state index contributed by atoms with van der Waals surface area (Å²) in [6.45, 7) is 0.658. The summed E-state index contributed by atoms with van der Waals surface area (Å²) in [4.78, 5) is 23.8. The number of ether oxygens (including phenoxy) is 1. The van der Waals surface area contributed by atoms with Crippen LogP contribution in [0.25, 0.3) is 0 Å². The highest BCUT2D eigenvalue weighted by Crippen LogP contribution is 2.43. The zero-order chi connectivity index (χ0) is 30.2. The van der Waals surface area contributed by atoms with Crippen LogP contribution in [0.3, 0.4) is 0 Å². The minimum Gasteiger partial charge on any atom is -0.530 e. The summed E-state index contributed by atoms with van der Waals surface area (Å²) in [6, 6.07) is 7.98. The first kappa shape index (κ1) is 29.9. The number of anilines is 3. The first-order chi connectivity index (χ1) is 19.1. The number of sulfonamides is 1. The fourth-order valence-corrected chi connectivity index (χ4v) is 6.09. The summed E-state index contributed by atoms with van der Waals surface area (Å²) in [7, 11) is -4.48. The van der Waals surface area contributed by atoms with E-state index < -0.39 is 58.0 Å². The lowest BCUT2D eigenvalue weighted by Crippen LogP contribution is -2.60. The molecular weight excluding hydrogens is 592 g/mol. The number of carbonyl (C=O) groups is 2. The normalized spacial score (nSPS) is 15.5. The number of rotatable bonds is 7. The molecule has 2 heterocycles. The number of hydrogen-bond acceptors (Lipinski definition) is 7. The predicted octanol–water partition coefficient (Wildman–Crippen LogP) is 4.16. The number of amides is 3. The number of alkyl halides is 3. The lowest BCUT2D eigenvalue weighted by molar-refractivity contribution is -0.254. The summed E-state index contributed by atoms with van der Waals surface area (Å²) < 4.78 is 88.8. The quantitative estimate of drug-likeness (QED) is 0.384. The van der Waals surface area contributed by atoms with Crippen LogP contribution in [0, 0.1) is 5.82 Å². The number of carboxylic acid groups (broad SMARTS) is 1. The molecule has 3 aromatic rings. The monoisotopic (exact) mass is 615 g/mol. The van der Waals surface area contributed by atoms with Gasteiger partial charge in [0.25, 0.3) is 10.0 Å².